The van der Waals surface area contributed by atoms with Crippen molar-refractivity contribution in [3.63, 3.8) is 0 Å². The Labute approximate surface area is 104 Å². The second kappa shape index (κ2) is 5.81. The molecule has 1 aromatic rings. The van der Waals surface area contributed by atoms with Gasteiger partial charge < -0.3 is 15.8 Å². The number of amides is 2. The van der Waals surface area contributed by atoms with Crippen LogP contribution < -0.4 is 11.1 Å². The van der Waals surface area contributed by atoms with Crippen LogP contribution in [-0.2, 0) is 14.3 Å². The molecular formula is C12H14N2O4. The van der Waals surface area contributed by atoms with Crippen molar-refractivity contribution in [3.05, 3.63) is 29.8 Å². The Balaban J connectivity index is 2.82. The Morgan fingerprint density at radius 1 is 1.28 bits per heavy atom. The van der Waals surface area contributed by atoms with Crippen molar-refractivity contribution in [1.82, 2.24) is 0 Å². The SMILES string of the molecule is CC(=O)O[C@@H](C)C(=O)Nc1ccccc1C(N)=O. The molecule has 6 nitrogen and oxygen atoms in total. The highest BCUT2D eigenvalue weighted by molar-refractivity contribution is 6.04. The molecule has 1 aromatic carbocycles. The molecular weight excluding hydrogens is 236 g/mol. The predicted molar refractivity (Wildman–Crippen MR) is 64.8 cm³/mol. The molecule has 1 rings (SSSR count). The summed E-state index contributed by atoms with van der Waals surface area (Å²) in [5.74, 6) is -1.73. The van der Waals surface area contributed by atoms with Crippen molar-refractivity contribution in [3.8, 4) is 0 Å². The minimum absolute atomic E-state index is 0.195. The molecule has 1 atom stereocenters. The highest BCUT2D eigenvalue weighted by Crippen LogP contribution is 2.14. The van der Waals surface area contributed by atoms with Crippen molar-refractivity contribution >= 4 is 23.5 Å². The maximum Gasteiger partial charge on any atom is 0.303 e. The van der Waals surface area contributed by atoms with Crippen molar-refractivity contribution in [1.29, 1.82) is 0 Å². The van der Waals surface area contributed by atoms with E-state index in [1.54, 1.807) is 18.2 Å². The summed E-state index contributed by atoms with van der Waals surface area (Å²) in [4.78, 5) is 33.5. The molecule has 0 aromatic heterocycles. The monoisotopic (exact) mass is 250 g/mol. The van der Waals surface area contributed by atoms with Crippen LogP contribution in [0.2, 0.25) is 0 Å². The maximum atomic E-state index is 11.7. The van der Waals surface area contributed by atoms with Gasteiger partial charge in [-0.25, -0.2) is 0 Å². The summed E-state index contributed by atoms with van der Waals surface area (Å²) < 4.78 is 4.72. The quantitative estimate of drug-likeness (QED) is 0.767. The zero-order valence-corrected chi connectivity index (χ0v) is 10.1. The Morgan fingerprint density at radius 3 is 2.44 bits per heavy atom. The van der Waals surface area contributed by atoms with E-state index >= 15 is 0 Å². The highest BCUT2D eigenvalue weighted by Gasteiger charge is 2.17. The Morgan fingerprint density at radius 2 is 1.89 bits per heavy atom. The normalized spacial score (nSPS) is 11.4. The molecule has 0 heterocycles. The van der Waals surface area contributed by atoms with Crippen molar-refractivity contribution < 1.29 is 19.1 Å². The van der Waals surface area contributed by atoms with Gasteiger partial charge in [-0.3, -0.25) is 14.4 Å². The molecule has 3 N–H and O–H groups in total. The topological polar surface area (TPSA) is 98.5 Å². The third-order valence-electron chi connectivity index (χ3n) is 2.16. The lowest BCUT2D eigenvalue weighted by Crippen LogP contribution is -2.30. The number of carbonyl (C=O) groups is 3. The summed E-state index contributed by atoms with van der Waals surface area (Å²) in [7, 11) is 0. The number of hydrogen-bond donors (Lipinski definition) is 2. The average molecular weight is 250 g/mol. The number of nitrogens with two attached hydrogens (primary N) is 1. The van der Waals surface area contributed by atoms with E-state index in [-0.39, 0.29) is 11.3 Å². The zero-order valence-electron chi connectivity index (χ0n) is 10.1. The molecule has 0 aliphatic heterocycles. The van der Waals surface area contributed by atoms with E-state index in [2.05, 4.69) is 5.32 Å². The first-order valence-electron chi connectivity index (χ1n) is 5.28. The van der Waals surface area contributed by atoms with Crippen molar-refractivity contribution in [2.45, 2.75) is 20.0 Å². The molecule has 0 saturated heterocycles. The summed E-state index contributed by atoms with van der Waals surface area (Å²) in [6.45, 7) is 2.64. The summed E-state index contributed by atoms with van der Waals surface area (Å²) in [6.07, 6.45) is -0.941. The third kappa shape index (κ3) is 3.58. The van der Waals surface area contributed by atoms with E-state index < -0.39 is 23.9 Å². The number of primary amides is 1. The van der Waals surface area contributed by atoms with Gasteiger partial charge in [0, 0.05) is 6.92 Å². The van der Waals surface area contributed by atoms with Gasteiger partial charge in [-0.05, 0) is 19.1 Å². The second-order valence-corrected chi connectivity index (χ2v) is 3.65. The van der Waals surface area contributed by atoms with Crippen LogP contribution in [-0.4, -0.2) is 23.9 Å². The molecule has 18 heavy (non-hydrogen) atoms. The summed E-state index contributed by atoms with van der Waals surface area (Å²) in [6, 6.07) is 6.32. The lowest BCUT2D eigenvalue weighted by atomic mass is 10.1. The number of ether oxygens (including phenoxy) is 1. The van der Waals surface area contributed by atoms with E-state index in [4.69, 9.17) is 10.5 Å². The van der Waals surface area contributed by atoms with Crippen LogP contribution in [0.15, 0.2) is 24.3 Å². The standard InChI is InChI=1S/C12H14N2O4/c1-7(18-8(2)15)12(17)14-10-6-4-3-5-9(10)11(13)16/h3-7H,1-2H3,(H2,13,16)(H,14,17)/t7-/m0/s1. The van der Waals surface area contributed by atoms with Gasteiger partial charge in [0.2, 0.25) is 0 Å². The lowest BCUT2D eigenvalue weighted by molar-refractivity contribution is -0.150. The number of nitrogens with one attached hydrogen (secondary N) is 1. The smallest absolute Gasteiger partial charge is 0.303 e. The number of carbonyl (C=O) groups excluding carboxylic acids is 3. The van der Waals surface area contributed by atoms with E-state index in [1.165, 1.54) is 19.9 Å². The molecule has 96 valence electrons. The molecule has 0 spiro atoms. The van der Waals surface area contributed by atoms with Crippen LogP contribution in [0, 0.1) is 0 Å². The van der Waals surface area contributed by atoms with E-state index in [9.17, 15) is 14.4 Å². The first kappa shape index (κ1) is 13.7. The molecule has 0 radical (unpaired) electrons. The van der Waals surface area contributed by atoms with E-state index in [1.807, 2.05) is 0 Å². The number of anilines is 1. The fraction of sp³-hybridized carbons (Fsp3) is 0.250. The first-order valence-corrected chi connectivity index (χ1v) is 5.28. The Bertz CT molecular complexity index is 485. The summed E-state index contributed by atoms with van der Waals surface area (Å²) in [5.41, 5.74) is 5.65. The van der Waals surface area contributed by atoms with E-state index in [0.29, 0.717) is 0 Å². The van der Waals surface area contributed by atoms with Crippen LogP contribution >= 0.6 is 0 Å². The summed E-state index contributed by atoms with van der Waals surface area (Å²) >= 11 is 0. The number of rotatable bonds is 4. The predicted octanol–water partition coefficient (Wildman–Crippen LogP) is 0.676. The van der Waals surface area contributed by atoms with Gasteiger partial charge in [0.15, 0.2) is 6.10 Å². The van der Waals surface area contributed by atoms with Gasteiger partial charge in [0.1, 0.15) is 0 Å². The van der Waals surface area contributed by atoms with Gasteiger partial charge in [-0.1, -0.05) is 12.1 Å². The third-order valence-corrected chi connectivity index (χ3v) is 2.16. The fourth-order valence-corrected chi connectivity index (χ4v) is 1.34. The molecule has 0 bridgehead atoms. The number of para-hydroxylation sites is 1. The van der Waals surface area contributed by atoms with Gasteiger partial charge >= 0.3 is 5.97 Å². The molecule has 6 heteroatoms. The maximum absolute atomic E-state index is 11.7. The number of hydrogen-bond acceptors (Lipinski definition) is 4. The number of esters is 1. The molecule has 0 fully saturated rings. The van der Waals surface area contributed by atoms with Crippen LogP contribution in [0.4, 0.5) is 5.69 Å². The Kier molecular flexibility index (Phi) is 4.42. The van der Waals surface area contributed by atoms with Gasteiger partial charge in [0.05, 0.1) is 11.3 Å². The van der Waals surface area contributed by atoms with Gasteiger partial charge in [-0.15, -0.1) is 0 Å². The lowest BCUT2D eigenvalue weighted by Gasteiger charge is -2.13. The van der Waals surface area contributed by atoms with Crippen LogP contribution in [0.3, 0.4) is 0 Å². The largest absolute Gasteiger partial charge is 0.453 e. The van der Waals surface area contributed by atoms with Gasteiger partial charge in [0.25, 0.3) is 11.8 Å². The van der Waals surface area contributed by atoms with Gasteiger partial charge in [-0.2, -0.15) is 0 Å². The van der Waals surface area contributed by atoms with Crippen molar-refractivity contribution in [2.24, 2.45) is 5.73 Å². The average Bonchev–Trinajstić information content (AvgIpc) is 2.28. The number of benzene rings is 1. The minimum Gasteiger partial charge on any atom is -0.453 e. The molecule has 0 saturated carbocycles. The van der Waals surface area contributed by atoms with E-state index in [0.717, 1.165) is 0 Å². The zero-order chi connectivity index (χ0) is 13.7. The molecule has 0 aliphatic carbocycles. The minimum atomic E-state index is -0.941. The highest BCUT2D eigenvalue weighted by atomic mass is 16.5. The molecule has 2 amide bonds. The van der Waals surface area contributed by atoms with Crippen LogP contribution in [0.1, 0.15) is 24.2 Å². The summed E-state index contributed by atoms with van der Waals surface area (Å²) in [5, 5.41) is 2.48. The molecule has 0 aliphatic rings. The fourth-order valence-electron chi connectivity index (χ4n) is 1.34. The first-order chi connectivity index (χ1) is 8.41. The van der Waals surface area contributed by atoms with Crippen LogP contribution in [0.25, 0.3) is 0 Å². The van der Waals surface area contributed by atoms with Crippen LogP contribution in [0.5, 0.6) is 0 Å². The second-order valence-electron chi connectivity index (χ2n) is 3.65. The van der Waals surface area contributed by atoms with Crippen molar-refractivity contribution in [2.75, 3.05) is 5.32 Å². The molecule has 0 unspecified atom stereocenters. The Hall–Kier alpha value is -2.37.